The van der Waals surface area contributed by atoms with Crippen molar-refractivity contribution >= 4 is 17.5 Å². The molecule has 0 fully saturated rings. The van der Waals surface area contributed by atoms with E-state index in [0.717, 1.165) is 29.7 Å². The number of benzene rings is 1. The van der Waals surface area contributed by atoms with Gasteiger partial charge in [0.2, 0.25) is 0 Å². The summed E-state index contributed by atoms with van der Waals surface area (Å²) >= 11 is 0. The minimum atomic E-state index is -0.450. The Hall–Kier alpha value is -2.69. The highest BCUT2D eigenvalue weighted by Crippen LogP contribution is 2.28. The van der Waals surface area contributed by atoms with Gasteiger partial charge in [0.05, 0.1) is 0 Å². The average molecular weight is 337 g/mol. The van der Waals surface area contributed by atoms with E-state index in [1.54, 1.807) is 22.2 Å². The van der Waals surface area contributed by atoms with E-state index in [9.17, 15) is 9.59 Å². The number of fused-ring (bicyclic) bond motifs is 1. The quantitative estimate of drug-likeness (QED) is 0.806. The van der Waals surface area contributed by atoms with E-state index in [1.807, 2.05) is 50.2 Å². The number of carbonyl (C=O) groups excluding carboxylic acids is 2. The van der Waals surface area contributed by atoms with Crippen molar-refractivity contribution in [2.75, 3.05) is 11.4 Å². The van der Waals surface area contributed by atoms with Crippen LogP contribution in [0.3, 0.4) is 0 Å². The summed E-state index contributed by atoms with van der Waals surface area (Å²) in [7, 11) is 0. The van der Waals surface area contributed by atoms with E-state index in [4.69, 9.17) is 0 Å². The molecule has 2 heterocycles. The summed E-state index contributed by atoms with van der Waals surface area (Å²) in [4.78, 5) is 33.2. The van der Waals surface area contributed by atoms with Crippen molar-refractivity contribution in [2.45, 2.75) is 39.3 Å². The van der Waals surface area contributed by atoms with Gasteiger partial charge in [-0.25, -0.2) is 0 Å². The van der Waals surface area contributed by atoms with Crippen molar-refractivity contribution in [3.8, 4) is 0 Å². The van der Waals surface area contributed by atoms with Crippen LogP contribution >= 0.6 is 0 Å². The highest BCUT2D eigenvalue weighted by atomic mass is 16.2. The molecule has 130 valence electrons. The number of amides is 2. The molecule has 3 rings (SSSR count). The molecule has 1 aromatic heterocycles. The second-order valence-corrected chi connectivity index (χ2v) is 6.39. The van der Waals surface area contributed by atoms with Crippen LogP contribution in [0.4, 0.5) is 5.69 Å². The molecule has 0 spiro atoms. The molecular formula is C20H23N3O2. The highest BCUT2D eigenvalue weighted by molar-refractivity contribution is 6.40. The van der Waals surface area contributed by atoms with Crippen LogP contribution in [0.15, 0.2) is 48.8 Å². The Kier molecular flexibility index (Phi) is 5.12. The van der Waals surface area contributed by atoms with Crippen LogP contribution in [0.5, 0.6) is 0 Å². The third-order valence-electron chi connectivity index (χ3n) is 4.77. The molecule has 5 nitrogen and oxygen atoms in total. The zero-order chi connectivity index (χ0) is 17.8. The third kappa shape index (κ3) is 3.55. The second-order valence-electron chi connectivity index (χ2n) is 6.39. The van der Waals surface area contributed by atoms with Crippen LogP contribution in [0.2, 0.25) is 0 Å². The van der Waals surface area contributed by atoms with Gasteiger partial charge in [0.15, 0.2) is 0 Å². The molecule has 5 heteroatoms. The first-order valence-electron chi connectivity index (χ1n) is 8.71. The van der Waals surface area contributed by atoms with Gasteiger partial charge in [-0.05, 0) is 43.0 Å². The SMILES string of the molecule is CCC(C)N(Cc1cccnc1)C(=O)C(=O)N1CCc2ccccc21. The number of aromatic nitrogens is 1. The number of hydrogen-bond acceptors (Lipinski definition) is 3. The Bertz CT molecular complexity index is 761. The van der Waals surface area contributed by atoms with E-state index in [0.29, 0.717) is 13.1 Å². The van der Waals surface area contributed by atoms with Crippen LogP contribution in [0, 0.1) is 0 Å². The van der Waals surface area contributed by atoms with Crippen molar-refractivity contribution < 1.29 is 9.59 Å². The maximum atomic E-state index is 13.0. The normalized spacial score (nSPS) is 14.1. The van der Waals surface area contributed by atoms with E-state index in [-0.39, 0.29) is 6.04 Å². The first-order chi connectivity index (χ1) is 12.1. The summed E-state index contributed by atoms with van der Waals surface area (Å²) in [5.41, 5.74) is 2.89. The van der Waals surface area contributed by atoms with Gasteiger partial charge >= 0.3 is 11.8 Å². The van der Waals surface area contributed by atoms with Crippen LogP contribution in [-0.4, -0.2) is 34.3 Å². The largest absolute Gasteiger partial charge is 0.327 e. The van der Waals surface area contributed by atoms with Gasteiger partial charge in [0.25, 0.3) is 0 Å². The van der Waals surface area contributed by atoms with Gasteiger partial charge in [-0.15, -0.1) is 0 Å². The van der Waals surface area contributed by atoms with Crippen LogP contribution in [0.25, 0.3) is 0 Å². The lowest BCUT2D eigenvalue weighted by atomic mass is 10.1. The Balaban J connectivity index is 1.81. The summed E-state index contributed by atoms with van der Waals surface area (Å²) in [6.45, 7) is 4.94. The molecule has 0 radical (unpaired) electrons. The van der Waals surface area contributed by atoms with Crippen molar-refractivity contribution in [2.24, 2.45) is 0 Å². The molecule has 1 aliphatic rings. The minimum absolute atomic E-state index is 0.0190. The van der Waals surface area contributed by atoms with Gasteiger partial charge in [0.1, 0.15) is 0 Å². The summed E-state index contributed by atoms with van der Waals surface area (Å²) in [6.07, 6.45) is 5.01. The van der Waals surface area contributed by atoms with Crippen molar-refractivity contribution in [3.63, 3.8) is 0 Å². The number of anilines is 1. The van der Waals surface area contributed by atoms with Gasteiger partial charge in [0, 0.05) is 37.2 Å². The second kappa shape index (κ2) is 7.47. The zero-order valence-electron chi connectivity index (χ0n) is 14.7. The van der Waals surface area contributed by atoms with E-state index in [1.165, 1.54) is 0 Å². The summed E-state index contributed by atoms with van der Waals surface area (Å²) < 4.78 is 0. The van der Waals surface area contributed by atoms with Crippen LogP contribution in [-0.2, 0) is 22.6 Å². The molecule has 0 saturated heterocycles. The van der Waals surface area contributed by atoms with Crippen molar-refractivity contribution in [3.05, 3.63) is 59.9 Å². The third-order valence-corrected chi connectivity index (χ3v) is 4.77. The van der Waals surface area contributed by atoms with Crippen LogP contribution < -0.4 is 4.90 Å². The highest BCUT2D eigenvalue weighted by Gasteiger charge is 2.33. The Labute approximate surface area is 148 Å². The molecular weight excluding hydrogens is 314 g/mol. The molecule has 2 amide bonds. The first kappa shape index (κ1) is 17.1. The minimum Gasteiger partial charge on any atom is -0.327 e. The molecule has 0 saturated carbocycles. The Morgan fingerprint density at radius 1 is 1.24 bits per heavy atom. The Morgan fingerprint density at radius 3 is 2.76 bits per heavy atom. The van der Waals surface area contributed by atoms with Gasteiger partial charge in [-0.1, -0.05) is 31.2 Å². The van der Waals surface area contributed by atoms with Crippen molar-refractivity contribution in [1.82, 2.24) is 9.88 Å². The molecule has 1 atom stereocenters. The predicted molar refractivity (Wildman–Crippen MR) is 97.0 cm³/mol. The number of hydrogen-bond donors (Lipinski definition) is 0. The van der Waals surface area contributed by atoms with E-state index < -0.39 is 11.8 Å². The predicted octanol–water partition coefficient (Wildman–Crippen LogP) is 2.80. The molecule has 0 N–H and O–H groups in total. The average Bonchev–Trinajstić information content (AvgIpc) is 3.09. The zero-order valence-corrected chi connectivity index (χ0v) is 14.7. The van der Waals surface area contributed by atoms with Gasteiger partial charge in [-0.2, -0.15) is 0 Å². The standard InChI is InChI=1S/C20H23N3O2/c1-3-15(2)23(14-16-7-6-11-21-13-16)20(25)19(24)22-12-10-17-8-4-5-9-18(17)22/h4-9,11,13,15H,3,10,12,14H2,1-2H3. The molecule has 2 aromatic rings. The lowest BCUT2D eigenvalue weighted by Crippen LogP contribution is -2.47. The summed E-state index contributed by atoms with van der Waals surface area (Å²) in [5, 5.41) is 0. The maximum Gasteiger partial charge on any atom is 0.316 e. The monoisotopic (exact) mass is 337 g/mol. The maximum absolute atomic E-state index is 13.0. The fraction of sp³-hybridized carbons (Fsp3) is 0.350. The van der Waals surface area contributed by atoms with E-state index >= 15 is 0 Å². The smallest absolute Gasteiger partial charge is 0.316 e. The Morgan fingerprint density at radius 2 is 2.04 bits per heavy atom. The van der Waals surface area contributed by atoms with Crippen LogP contribution in [0.1, 0.15) is 31.4 Å². The van der Waals surface area contributed by atoms with Gasteiger partial charge in [-0.3, -0.25) is 14.6 Å². The molecule has 0 aliphatic carbocycles. The number of nitrogens with zero attached hydrogens (tertiary/aromatic N) is 3. The molecule has 1 aromatic carbocycles. The molecule has 1 unspecified atom stereocenters. The van der Waals surface area contributed by atoms with Gasteiger partial charge < -0.3 is 9.80 Å². The fourth-order valence-electron chi connectivity index (χ4n) is 3.12. The number of rotatable bonds is 4. The molecule has 1 aliphatic heterocycles. The van der Waals surface area contributed by atoms with Crippen molar-refractivity contribution in [1.29, 1.82) is 0 Å². The number of pyridine rings is 1. The summed E-state index contributed by atoms with van der Waals surface area (Å²) in [6, 6.07) is 11.5. The number of para-hydroxylation sites is 1. The number of carbonyl (C=O) groups is 2. The lowest BCUT2D eigenvalue weighted by Gasteiger charge is -2.29. The fourth-order valence-corrected chi connectivity index (χ4v) is 3.12. The van der Waals surface area contributed by atoms with E-state index in [2.05, 4.69) is 4.98 Å². The lowest BCUT2D eigenvalue weighted by molar-refractivity contribution is -0.146. The summed E-state index contributed by atoms with van der Waals surface area (Å²) in [5.74, 6) is -0.899. The first-order valence-corrected chi connectivity index (χ1v) is 8.71. The molecule has 0 bridgehead atoms. The topological polar surface area (TPSA) is 53.5 Å². The molecule has 25 heavy (non-hydrogen) atoms.